The van der Waals surface area contributed by atoms with Crippen molar-refractivity contribution < 1.29 is 0 Å². The van der Waals surface area contributed by atoms with Gasteiger partial charge in [0, 0.05) is 31.5 Å². The van der Waals surface area contributed by atoms with Crippen LogP contribution in [-0.2, 0) is 0 Å². The van der Waals surface area contributed by atoms with Crippen molar-refractivity contribution in [3.63, 3.8) is 0 Å². The lowest BCUT2D eigenvalue weighted by atomic mass is 9.96. The third-order valence-electron chi connectivity index (χ3n) is 9.76. The van der Waals surface area contributed by atoms with E-state index in [2.05, 4.69) is 181 Å². The first-order valence-electron chi connectivity index (χ1n) is 16.4. The first-order chi connectivity index (χ1) is 23.8. The molecule has 1 nitrogen and oxygen atoms in total. The van der Waals surface area contributed by atoms with Crippen LogP contribution in [0.1, 0.15) is 0 Å². The Morgan fingerprint density at radius 2 is 1.00 bits per heavy atom. The highest BCUT2D eigenvalue weighted by Gasteiger charge is 2.20. The van der Waals surface area contributed by atoms with Crippen molar-refractivity contribution in [2.24, 2.45) is 0 Å². The summed E-state index contributed by atoms with van der Waals surface area (Å²) in [5.74, 6) is 0. The fourth-order valence-electron chi connectivity index (χ4n) is 7.52. The Morgan fingerprint density at radius 3 is 1.88 bits per heavy atom. The molecule has 224 valence electrons. The SMILES string of the molecule is c1ccc(-c2cccc(N(c3ccc4c(ccc5ccc6ccccc6c54)c3)c3cccc4sc5cc6ccccc6cc5c34)c2)cc1. The molecule has 10 rings (SSSR count). The van der Waals surface area contributed by atoms with Crippen LogP contribution in [0.25, 0.3) is 74.4 Å². The van der Waals surface area contributed by atoms with Gasteiger partial charge < -0.3 is 4.90 Å². The van der Waals surface area contributed by atoms with E-state index < -0.39 is 0 Å². The van der Waals surface area contributed by atoms with E-state index in [1.807, 2.05) is 11.3 Å². The number of rotatable bonds is 4. The zero-order valence-corrected chi connectivity index (χ0v) is 26.9. The lowest BCUT2D eigenvalue weighted by Gasteiger charge is -2.27. The molecule has 0 atom stereocenters. The standard InChI is InChI=1S/C46H29NS/c1-2-10-30(11-3-1)33-15-8-16-37(26-33)47(42-18-9-19-43-46(42)41-28-34-13-4-5-14-35(34)29-44(41)48-43)38-24-25-40-36(27-38)23-22-32-21-20-31-12-6-7-17-39(31)45(32)40/h1-29H. The number of benzene rings is 9. The Bertz CT molecular complexity index is 2850. The maximum Gasteiger partial charge on any atom is 0.0554 e. The van der Waals surface area contributed by atoms with Gasteiger partial charge in [-0.3, -0.25) is 0 Å². The summed E-state index contributed by atoms with van der Waals surface area (Å²) < 4.78 is 2.60. The highest BCUT2D eigenvalue weighted by molar-refractivity contribution is 7.26. The summed E-state index contributed by atoms with van der Waals surface area (Å²) in [7, 11) is 0. The zero-order chi connectivity index (χ0) is 31.6. The number of thiophene rings is 1. The van der Waals surface area contributed by atoms with Gasteiger partial charge in [0.1, 0.15) is 0 Å². The number of nitrogens with zero attached hydrogens (tertiary/aromatic N) is 1. The van der Waals surface area contributed by atoms with Crippen LogP contribution in [0.2, 0.25) is 0 Å². The van der Waals surface area contributed by atoms with Crippen LogP contribution in [0.15, 0.2) is 176 Å². The van der Waals surface area contributed by atoms with Crippen LogP contribution in [-0.4, -0.2) is 0 Å². The van der Waals surface area contributed by atoms with E-state index in [4.69, 9.17) is 0 Å². The van der Waals surface area contributed by atoms with E-state index in [1.165, 1.54) is 80.1 Å². The van der Waals surface area contributed by atoms with Gasteiger partial charge in [0.05, 0.1) is 5.69 Å². The van der Waals surface area contributed by atoms with Crippen molar-refractivity contribution in [1.82, 2.24) is 0 Å². The Labute approximate surface area is 282 Å². The highest BCUT2D eigenvalue weighted by Crippen LogP contribution is 2.47. The molecule has 0 aliphatic carbocycles. The predicted molar refractivity (Wildman–Crippen MR) is 209 cm³/mol. The topological polar surface area (TPSA) is 3.24 Å². The lowest BCUT2D eigenvalue weighted by Crippen LogP contribution is -2.10. The number of anilines is 3. The summed E-state index contributed by atoms with van der Waals surface area (Å²) in [5, 5.41) is 12.8. The van der Waals surface area contributed by atoms with E-state index in [-0.39, 0.29) is 0 Å². The van der Waals surface area contributed by atoms with Crippen LogP contribution in [0, 0.1) is 0 Å². The Balaban J connectivity index is 1.25. The number of hydrogen-bond donors (Lipinski definition) is 0. The molecule has 0 unspecified atom stereocenters. The molecule has 0 fully saturated rings. The quantitative estimate of drug-likeness (QED) is 0.176. The average molecular weight is 628 g/mol. The minimum atomic E-state index is 1.13. The third-order valence-corrected chi connectivity index (χ3v) is 10.9. The van der Waals surface area contributed by atoms with Gasteiger partial charge in [0.15, 0.2) is 0 Å². The summed E-state index contributed by atoms with van der Waals surface area (Å²) >= 11 is 1.88. The molecule has 9 aromatic carbocycles. The summed E-state index contributed by atoms with van der Waals surface area (Å²) in [6, 6.07) is 64.6. The molecule has 0 bridgehead atoms. The van der Waals surface area contributed by atoms with E-state index in [9.17, 15) is 0 Å². The maximum absolute atomic E-state index is 2.46. The van der Waals surface area contributed by atoms with Gasteiger partial charge in [-0.05, 0) is 103 Å². The summed E-state index contributed by atoms with van der Waals surface area (Å²) in [5.41, 5.74) is 5.87. The Hall–Kier alpha value is -5.96. The highest BCUT2D eigenvalue weighted by atomic mass is 32.1. The van der Waals surface area contributed by atoms with Crippen LogP contribution >= 0.6 is 11.3 Å². The van der Waals surface area contributed by atoms with Crippen molar-refractivity contribution in [3.05, 3.63) is 176 Å². The van der Waals surface area contributed by atoms with Crippen LogP contribution in [0.4, 0.5) is 17.1 Å². The maximum atomic E-state index is 2.46. The minimum absolute atomic E-state index is 1.13. The van der Waals surface area contributed by atoms with Gasteiger partial charge in [-0.1, -0.05) is 127 Å². The van der Waals surface area contributed by atoms with Crippen molar-refractivity contribution in [1.29, 1.82) is 0 Å². The number of fused-ring (bicyclic) bond motifs is 9. The Morgan fingerprint density at radius 1 is 0.333 bits per heavy atom. The molecule has 0 saturated heterocycles. The molecule has 1 aromatic heterocycles. The van der Waals surface area contributed by atoms with Gasteiger partial charge in [-0.2, -0.15) is 0 Å². The van der Waals surface area contributed by atoms with Gasteiger partial charge >= 0.3 is 0 Å². The molecule has 10 aromatic rings. The fourth-order valence-corrected chi connectivity index (χ4v) is 8.68. The molecular weight excluding hydrogens is 599 g/mol. The zero-order valence-electron chi connectivity index (χ0n) is 26.1. The van der Waals surface area contributed by atoms with Crippen molar-refractivity contribution in [3.8, 4) is 11.1 Å². The molecule has 48 heavy (non-hydrogen) atoms. The van der Waals surface area contributed by atoms with Crippen molar-refractivity contribution in [2.75, 3.05) is 4.90 Å². The molecule has 2 heteroatoms. The Kier molecular flexibility index (Phi) is 6.12. The monoisotopic (exact) mass is 627 g/mol. The second-order valence-corrected chi connectivity index (χ2v) is 13.6. The second kappa shape index (κ2) is 10.8. The summed E-state index contributed by atoms with van der Waals surface area (Å²) in [6.07, 6.45) is 0. The smallest absolute Gasteiger partial charge is 0.0554 e. The largest absolute Gasteiger partial charge is 0.310 e. The molecule has 0 aliphatic rings. The first-order valence-corrected chi connectivity index (χ1v) is 17.2. The van der Waals surface area contributed by atoms with E-state index in [0.717, 1.165) is 11.4 Å². The summed E-state index contributed by atoms with van der Waals surface area (Å²) in [6.45, 7) is 0. The van der Waals surface area contributed by atoms with Gasteiger partial charge in [-0.15, -0.1) is 11.3 Å². The van der Waals surface area contributed by atoms with Gasteiger partial charge in [0.2, 0.25) is 0 Å². The molecular formula is C46H29NS. The molecule has 1 heterocycles. The molecule has 0 saturated carbocycles. The average Bonchev–Trinajstić information content (AvgIpc) is 3.52. The molecule has 0 N–H and O–H groups in total. The van der Waals surface area contributed by atoms with Crippen LogP contribution in [0.5, 0.6) is 0 Å². The minimum Gasteiger partial charge on any atom is -0.310 e. The fraction of sp³-hybridized carbons (Fsp3) is 0. The number of hydrogen-bond acceptors (Lipinski definition) is 2. The summed E-state index contributed by atoms with van der Waals surface area (Å²) in [4.78, 5) is 2.46. The normalized spacial score (nSPS) is 11.8. The van der Waals surface area contributed by atoms with E-state index in [1.54, 1.807) is 0 Å². The molecule has 0 amide bonds. The van der Waals surface area contributed by atoms with E-state index in [0.29, 0.717) is 0 Å². The lowest BCUT2D eigenvalue weighted by molar-refractivity contribution is 1.31. The van der Waals surface area contributed by atoms with Crippen molar-refractivity contribution >= 4 is 91.7 Å². The second-order valence-electron chi connectivity index (χ2n) is 12.6. The molecule has 0 radical (unpaired) electrons. The third kappa shape index (κ3) is 4.31. The van der Waals surface area contributed by atoms with Gasteiger partial charge in [-0.25, -0.2) is 0 Å². The van der Waals surface area contributed by atoms with E-state index >= 15 is 0 Å². The van der Waals surface area contributed by atoms with Gasteiger partial charge in [0.25, 0.3) is 0 Å². The molecule has 0 spiro atoms. The first kappa shape index (κ1) is 27.2. The van der Waals surface area contributed by atoms with Crippen molar-refractivity contribution in [2.45, 2.75) is 0 Å². The van der Waals surface area contributed by atoms with Crippen LogP contribution < -0.4 is 4.90 Å². The predicted octanol–water partition coefficient (Wildman–Crippen LogP) is 13.8. The molecule has 0 aliphatic heterocycles. The van der Waals surface area contributed by atoms with Crippen LogP contribution in [0.3, 0.4) is 0 Å².